The molecule has 0 aromatic heterocycles. The summed E-state index contributed by atoms with van der Waals surface area (Å²) in [6.07, 6.45) is 0.792. The van der Waals surface area contributed by atoms with Crippen LogP contribution in [0.4, 0.5) is 13.2 Å². The average molecular weight is 276 g/mol. The van der Waals surface area contributed by atoms with E-state index in [0.29, 0.717) is 24.8 Å². The fraction of sp³-hybridized carbons (Fsp3) is 1.00. The molecular formula is C14H23F3N2. The molecular weight excluding hydrogens is 253 g/mol. The first kappa shape index (κ1) is 13.7. The molecule has 0 aromatic carbocycles. The Hall–Kier alpha value is -0.290. The lowest BCUT2D eigenvalue weighted by Gasteiger charge is -2.36. The summed E-state index contributed by atoms with van der Waals surface area (Å²) < 4.78 is 38.6. The molecule has 110 valence electrons. The second kappa shape index (κ2) is 5.24. The number of fused-ring (bicyclic) bond motifs is 1. The molecule has 1 N–H and O–H groups in total. The summed E-state index contributed by atoms with van der Waals surface area (Å²) in [7, 11) is 0. The first-order valence-corrected chi connectivity index (χ1v) is 7.58. The zero-order chi connectivity index (χ0) is 13.5. The number of halogens is 3. The maximum absolute atomic E-state index is 12.9. The summed E-state index contributed by atoms with van der Waals surface area (Å²) in [5.74, 6) is -0.401. The highest BCUT2D eigenvalue weighted by atomic mass is 19.4. The zero-order valence-electron chi connectivity index (χ0n) is 11.3. The highest BCUT2D eigenvalue weighted by Crippen LogP contribution is 2.40. The largest absolute Gasteiger partial charge is 0.391 e. The second-order valence-electron chi connectivity index (χ2n) is 6.48. The maximum Gasteiger partial charge on any atom is 0.391 e. The van der Waals surface area contributed by atoms with E-state index in [9.17, 15) is 13.2 Å². The van der Waals surface area contributed by atoms with Gasteiger partial charge in [0.15, 0.2) is 0 Å². The lowest BCUT2D eigenvalue weighted by Crippen LogP contribution is -2.43. The van der Waals surface area contributed by atoms with Gasteiger partial charge < -0.3 is 5.32 Å². The number of piperidine rings is 1. The van der Waals surface area contributed by atoms with Crippen LogP contribution >= 0.6 is 0 Å². The average Bonchev–Trinajstić information content (AvgIpc) is 2.81. The van der Waals surface area contributed by atoms with Crippen LogP contribution in [0.1, 0.15) is 38.5 Å². The molecule has 4 unspecified atom stereocenters. The minimum absolute atomic E-state index is 0.160. The number of alkyl halides is 3. The van der Waals surface area contributed by atoms with Crippen molar-refractivity contribution in [2.45, 2.75) is 56.8 Å². The van der Waals surface area contributed by atoms with Gasteiger partial charge in [-0.1, -0.05) is 6.42 Å². The van der Waals surface area contributed by atoms with Gasteiger partial charge in [-0.05, 0) is 44.6 Å². The summed E-state index contributed by atoms with van der Waals surface area (Å²) >= 11 is 0. The van der Waals surface area contributed by atoms with Crippen LogP contribution in [0.2, 0.25) is 0 Å². The third-order valence-electron chi connectivity index (χ3n) is 5.25. The van der Waals surface area contributed by atoms with Gasteiger partial charge in [-0.15, -0.1) is 0 Å². The van der Waals surface area contributed by atoms with Crippen LogP contribution in [-0.2, 0) is 0 Å². The summed E-state index contributed by atoms with van der Waals surface area (Å²) in [5, 5.41) is 3.53. The molecule has 2 aliphatic heterocycles. The third-order valence-corrected chi connectivity index (χ3v) is 5.25. The Labute approximate surface area is 112 Å². The van der Waals surface area contributed by atoms with Crippen molar-refractivity contribution >= 4 is 0 Å². The number of nitrogens with one attached hydrogen (secondary N) is 1. The Kier molecular flexibility index (Phi) is 3.78. The van der Waals surface area contributed by atoms with Crippen LogP contribution in [-0.4, -0.2) is 42.8 Å². The molecule has 19 heavy (non-hydrogen) atoms. The minimum atomic E-state index is -4.00. The normalized spacial score (nSPS) is 41.2. The Morgan fingerprint density at radius 3 is 2.58 bits per heavy atom. The van der Waals surface area contributed by atoms with Crippen molar-refractivity contribution in [3.63, 3.8) is 0 Å². The highest BCUT2D eigenvalue weighted by molar-refractivity contribution is 4.95. The van der Waals surface area contributed by atoms with Crippen molar-refractivity contribution in [2.75, 3.05) is 19.6 Å². The molecule has 3 rings (SSSR count). The van der Waals surface area contributed by atoms with Crippen LogP contribution in [0.25, 0.3) is 0 Å². The predicted octanol–water partition coefficient (Wildman–Crippen LogP) is 2.79. The molecule has 2 saturated heterocycles. The molecule has 2 heterocycles. The van der Waals surface area contributed by atoms with Crippen LogP contribution in [0.3, 0.4) is 0 Å². The van der Waals surface area contributed by atoms with Crippen molar-refractivity contribution < 1.29 is 13.2 Å². The van der Waals surface area contributed by atoms with E-state index in [1.807, 2.05) is 0 Å². The second-order valence-corrected chi connectivity index (χ2v) is 6.48. The van der Waals surface area contributed by atoms with Crippen molar-refractivity contribution in [1.82, 2.24) is 10.2 Å². The summed E-state index contributed by atoms with van der Waals surface area (Å²) in [4.78, 5) is 2.34. The Bertz CT molecular complexity index is 304. The van der Waals surface area contributed by atoms with E-state index in [1.165, 1.54) is 12.8 Å². The fourth-order valence-electron chi connectivity index (χ4n) is 4.17. The molecule has 1 saturated carbocycles. The standard InChI is InChI=1S/C14H23F3N2/c15-14(16,17)11-4-1-5-12(7-11)19-8-10-3-2-6-18-13(10)9-19/h10-13,18H,1-9H2. The van der Waals surface area contributed by atoms with Gasteiger partial charge in [-0.2, -0.15) is 13.2 Å². The third kappa shape index (κ3) is 2.92. The molecule has 3 aliphatic rings. The van der Waals surface area contributed by atoms with Gasteiger partial charge in [0.05, 0.1) is 5.92 Å². The first-order chi connectivity index (χ1) is 9.04. The number of hydrogen-bond acceptors (Lipinski definition) is 2. The quantitative estimate of drug-likeness (QED) is 0.792. The van der Waals surface area contributed by atoms with Gasteiger partial charge in [0.1, 0.15) is 0 Å². The molecule has 1 aliphatic carbocycles. The summed E-state index contributed by atoms with van der Waals surface area (Å²) in [6.45, 7) is 3.04. The van der Waals surface area contributed by atoms with E-state index < -0.39 is 12.1 Å². The molecule has 0 spiro atoms. The molecule has 2 nitrogen and oxygen atoms in total. The van der Waals surface area contributed by atoms with Crippen LogP contribution < -0.4 is 5.32 Å². The van der Waals surface area contributed by atoms with Crippen LogP contribution in [0.15, 0.2) is 0 Å². The molecule has 0 amide bonds. The van der Waals surface area contributed by atoms with Crippen LogP contribution in [0, 0.1) is 11.8 Å². The number of likely N-dealkylation sites (tertiary alicyclic amines) is 1. The Morgan fingerprint density at radius 1 is 1.00 bits per heavy atom. The lowest BCUT2D eigenvalue weighted by molar-refractivity contribution is -0.186. The maximum atomic E-state index is 12.9. The lowest BCUT2D eigenvalue weighted by atomic mass is 9.84. The van der Waals surface area contributed by atoms with Gasteiger partial charge in [-0.25, -0.2) is 0 Å². The van der Waals surface area contributed by atoms with E-state index in [2.05, 4.69) is 10.2 Å². The van der Waals surface area contributed by atoms with E-state index in [4.69, 9.17) is 0 Å². The summed E-state index contributed by atoms with van der Waals surface area (Å²) in [5.41, 5.74) is 0. The summed E-state index contributed by atoms with van der Waals surface area (Å²) in [6, 6.07) is 0.688. The number of hydrogen-bond donors (Lipinski definition) is 1. The molecule has 5 heteroatoms. The van der Waals surface area contributed by atoms with Crippen molar-refractivity contribution in [1.29, 1.82) is 0 Å². The molecule has 0 radical (unpaired) electrons. The van der Waals surface area contributed by atoms with Gasteiger partial charge >= 0.3 is 6.18 Å². The Morgan fingerprint density at radius 2 is 1.84 bits per heavy atom. The SMILES string of the molecule is FC(F)(F)C1CCCC(N2CC3CCCNC3C2)C1. The molecule has 0 bridgehead atoms. The van der Waals surface area contributed by atoms with E-state index in [1.54, 1.807) is 0 Å². The fourth-order valence-corrected chi connectivity index (χ4v) is 4.17. The van der Waals surface area contributed by atoms with E-state index >= 15 is 0 Å². The van der Waals surface area contributed by atoms with Gasteiger partial charge in [-0.3, -0.25) is 4.90 Å². The molecule has 3 fully saturated rings. The van der Waals surface area contributed by atoms with Crippen molar-refractivity contribution in [2.24, 2.45) is 11.8 Å². The monoisotopic (exact) mass is 276 g/mol. The number of nitrogens with zero attached hydrogens (tertiary/aromatic N) is 1. The number of rotatable bonds is 1. The van der Waals surface area contributed by atoms with Crippen molar-refractivity contribution in [3.05, 3.63) is 0 Å². The zero-order valence-corrected chi connectivity index (χ0v) is 11.3. The van der Waals surface area contributed by atoms with Gasteiger partial charge in [0.25, 0.3) is 0 Å². The van der Waals surface area contributed by atoms with Gasteiger partial charge in [0, 0.05) is 25.2 Å². The van der Waals surface area contributed by atoms with Crippen LogP contribution in [0.5, 0.6) is 0 Å². The Balaban J connectivity index is 1.60. The predicted molar refractivity (Wildman–Crippen MR) is 67.9 cm³/mol. The topological polar surface area (TPSA) is 15.3 Å². The molecule has 0 aromatic rings. The van der Waals surface area contributed by atoms with Gasteiger partial charge in [0.2, 0.25) is 0 Å². The highest BCUT2D eigenvalue weighted by Gasteiger charge is 2.45. The molecule has 4 atom stereocenters. The van der Waals surface area contributed by atoms with E-state index in [-0.39, 0.29) is 6.04 Å². The van der Waals surface area contributed by atoms with Crippen molar-refractivity contribution in [3.8, 4) is 0 Å². The first-order valence-electron chi connectivity index (χ1n) is 7.58. The smallest absolute Gasteiger partial charge is 0.312 e. The minimum Gasteiger partial charge on any atom is -0.312 e. The van der Waals surface area contributed by atoms with E-state index in [0.717, 1.165) is 32.5 Å².